The molecule has 0 amide bonds. The van der Waals surface area contributed by atoms with Gasteiger partial charge in [-0.2, -0.15) is 0 Å². The number of hydrogen-bond acceptors (Lipinski definition) is 8. The topological polar surface area (TPSA) is 93.1 Å². The lowest BCUT2D eigenvalue weighted by atomic mass is 9.44. The van der Waals surface area contributed by atoms with Crippen LogP contribution in [-0.2, 0) is 19.1 Å². The summed E-state index contributed by atoms with van der Waals surface area (Å²) in [7, 11) is 0. The van der Waals surface area contributed by atoms with Crippen LogP contribution in [0.2, 0.25) is 0 Å². The summed E-state index contributed by atoms with van der Waals surface area (Å²) < 4.78 is 48.1. The molecule has 3 saturated carbocycles. The Kier molecular flexibility index (Phi) is 5.22. The van der Waals surface area contributed by atoms with E-state index in [1.165, 1.54) is 23.5 Å². The van der Waals surface area contributed by atoms with Gasteiger partial charge >= 0.3 is 0 Å². The fourth-order valence-electron chi connectivity index (χ4n) is 8.59. The number of alkyl halides is 2. The van der Waals surface area contributed by atoms with Gasteiger partial charge in [0, 0.05) is 26.1 Å². The highest BCUT2D eigenvalue weighted by molar-refractivity contribution is 7.26. The standard InChI is InChI=1S/C28H28F2O6S2/c1-25-5-3-13(32)7-16(25)17(29)8-15-14-9-23-28(22(34)12-31,26(14,2)11-21(33)27(15,25)30)36-24(35-23)20-10-19-18(38-20)4-6-37-19/h3-7,10,14-15,17,21,23-24,31,33H,8-9,11-12H2,1-2H3/t14-,15-,17-,21-,23+,24+,25?,26?,27-,28+/m0/s1. The Morgan fingerprint density at radius 3 is 2.76 bits per heavy atom. The van der Waals surface area contributed by atoms with Crippen LogP contribution < -0.4 is 0 Å². The maximum atomic E-state index is 17.4. The van der Waals surface area contributed by atoms with E-state index in [9.17, 15) is 19.8 Å². The van der Waals surface area contributed by atoms with E-state index < -0.39 is 76.8 Å². The van der Waals surface area contributed by atoms with Crippen LogP contribution in [0.4, 0.5) is 8.78 Å². The Balaban J connectivity index is 1.32. The number of aliphatic hydroxyl groups is 2. The van der Waals surface area contributed by atoms with Gasteiger partial charge < -0.3 is 19.7 Å². The highest BCUT2D eigenvalue weighted by Gasteiger charge is 2.80. The smallest absolute Gasteiger partial charge is 0.194 e. The monoisotopic (exact) mass is 562 g/mol. The van der Waals surface area contributed by atoms with Crippen molar-refractivity contribution in [1.29, 1.82) is 0 Å². The molecule has 7 rings (SSSR count). The number of aliphatic hydroxyl groups excluding tert-OH is 2. The van der Waals surface area contributed by atoms with Crippen molar-refractivity contribution >= 4 is 43.6 Å². The predicted molar refractivity (Wildman–Crippen MR) is 137 cm³/mol. The Hall–Kier alpha value is -1.82. The van der Waals surface area contributed by atoms with Crippen molar-refractivity contribution in [1.82, 2.24) is 0 Å². The van der Waals surface area contributed by atoms with Crippen molar-refractivity contribution in [3.8, 4) is 0 Å². The van der Waals surface area contributed by atoms with E-state index >= 15 is 8.78 Å². The number of Topliss-reactive ketones (excluding diaryl/α,β-unsaturated/α-hetero) is 1. The van der Waals surface area contributed by atoms with E-state index in [2.05, 4.69) is 0 Å². The maximum Gasteiger partial charge on any atom is 0.194 e. The zero-order valence-corrected chi connectivity index (χ0v) is 22.5. The van der Waals surface area contributed by atoms with Crippen LogP contribution in [0.1, 0.15) is 44.3 Å². The third-order valence-corrected chi connectivity index (χ3v) is 12.4. The molecule has 3 heterocycles. The molecule has 0 aromatic carbocycles. The number of ketones is 2. The van der Waals surface area contributed by atoms with Crippen molar-refractivity contribution in [2.24, 2.45) is 22.7 Å². The van der Waals surface area contributed by atoms with Crippen molar-refractivity contribution in [2.45, 2.75) is 69.0 Å². The number of hydrogen-bond donors (Lipinski definition) is 2. The van der Waals surface area contributed by atoms with Crippen LogP contribution in [-0.4, -0.2) is 58.0 Å². The summed E-state index contributed by atoms with van der Waals surface area (Å²) in [6, 6.07) is 3.97. The minimum absolute atomic E-state index is 0.0518. The maximum absolute atomic E-state index is 17.4. The molecule has 0 radical (unpaired) electrons. The third-order valence-electron chi connectivity index (χ3n) is 10.3. The lowest BCUT2D eigenvalue weighted by Gasteiger charge is -2.63. The highest BCUT2D eigenvalue weighted by atomic mass is 32.1. The van der Waals surface area contributed by atoms with E-state index in [1.807, 2.05) is 17.5 Å². The summed E-state index contributed by atoms with van der Waals surface area (Å²) in [4.78, 5) is 26.4. The fourth-order valence-corrected chi connectivity index (χ4v) is 10.7. The second-order valence-corrected chi connectivity index (χ2v) is 13.8. The average molecular weight is 563 g/mol. The van der Waals surface area contributed by atoms with Gasteiger partial charge in [0.05, 0.1) is 17.1 Å². The third kappa shape index (κ3) is 2.79. The van der Waals surface area contributed by atoms with Crippen LogP contribution >= 0.6 is 22.7 Å². The molecule has 4 aliphatic carbocycles. The average Bonchev–Trinajstić information content (AvgIpc) is 3.62. The molecule has 5 aliphatic rings. The lowest BCUT2D eigenvalue weighted by molar-refractivity contribution is -0.234. The van der Waals surface area contributed by atoms with E-state index in [4.69, 9.17) is 9.47 Å². The second-order valence-electron chi connectivity index (χ2n) is 11.8. The van der Waals surface area contributed by atoms with Gasteiger partial charge in [-0.1, -0.05) is 13.0 Å². The van der Waals surface area contributed by atoms with Crippen molar-refractivity contribution < 1.29 is 38.1 Å². The molecule has 2 N–H and O–H groups in total. The number of allylic oxidation sites excluding steroid dienone is 4. The molecule has 2 unspecified atom stereocenters. The molecular weight excluding hydrogens is 534 g/mol. The number of carbonyl (C=O) groups is 2. The molecule has 6 nitrogen and oxygen atoms in total. The Bertz CT molecular complexity index is 1400. The van der Waals surface area contributed by atoms with Crippen molar-refractivity contribution in [3.63, 3.8) is 0 Å². The number of carbonyl (C=O) groups excluding carboxylic acids is 2. The summed E-state index contributed by atoms with van der Waals surface area (Å²) in [5.41, 5.74) is -6.45. The Labute approximate surface area is 225 Å². The molecule has 4 fully saturated rings. The molecule has 0 spiro atoms. The quantitative estimate of drug-likeness (QED) is 0.568. The number of thiophene rings is 2. The van der Waals surface area contributed by atoms with Crippen LogP contribution in [0, 0.1) is 22.7 Å². The predicted octanol–water partition coefficient (Wildman–Crippen LogP) is 4.61. The summed E-state index contributed by atoms with van der Waals surface area (Å²) in [5.74, 6) is -2.50. The first kappa shape index (κ1) is 25.2. The van der Waals surface area contributed by atoms with E-state index in [1.54, 1.807) is 25.2 Å². The van der Waals surface area contributed by atoms with Crippen LogP contribution in [0.3, 0.4) is 0 Å². The van der Waals surface area contributed by atoms with Crippen molar-refractivity contribution in [3.05, 3.63) is 46.2 Å². The molecule has 1 saturated heterocycles. The summed E-state index contributed by atoms with van der Waals surface area (Å²) in [5, 5.41) is 23.6. The van der Waals surface area contributed by atoms with Crippen molar-refractivity contribution in [2.75, 3.05) is 6.61 Å². The van der Waals surface area contributed by atoms with Gasteiger partial charge in [0.25, 0.3) is 0 Å². The normalized spacial score (nSPS) is 47.4. The van der Waals surface area contributed by atoms with E-state index in [-0.39, 0.29) is 24.8 Å². The first-order valence-electron chi connectivity index (χ1n) is 12.9. The zero-order valence-electron chi connectivity index (χ0n) is 20.9. The summed E-state index contributed by atoms with van der Waals surface area (Å²) >= 11 is 3.09. The second kappa shape index (κ2) is 7.89. The molecule has 10 atom stereocenters. The van der Waals surface area contributed by atoms with Crippen LogP contribution in [0.15, 0.2) is 41.3 Å². The van der Waals surface area contributed by atoms with Crippen LogP contribution in [0.25, 0.3) is 9.40 Å². The van der Waals surface area contributed by atoms with Gasteiger partial charge in [-0.05, 0) is 67.3 Å². The number of halogens is 2. The molecular formula is C28H28F2O6S2. The highest BCUT2D eigenvalue weighted by Crippen LogP contribution is 2.72. The fraction of sp³-hybridized carbons (Fsp3) is 0.571. The summed E-state index contributed by atoms with van der Waals surface area (Å²) in [6.07, 6.45) is -1.11. The SMILES string of the molecule is CC12C=CC(=O)C=C1[C@@H](F)C[C@H]1[C@@H]3C[C@H]4O[C@@H](c5cc6sccc6s5)O[C@@]4(C(=O)CO)C3(C)C[C@H](O)[C@@]12F. The summed E-state index contributed by atoms with van der Waals surface area (Å²) in [6.45, 7) is 2.54. The largest absolute Gasteiger partial charge is 0.390 e. The number of ether oxygens (including phenoxy) is 2. The minimum Gasteiger partial charge on any atom is -0.390 e. The lowest BCUT2D eigenvalue weighted by Crippen LogP contribution is -2.70. The van der Waals surface area contributed by atoms with Crippen LogP contribution in [0.5, 0.6) is 0 Å². The first-order valence-corrected chi connectivity index (χ1v) is 14.6. The molecule has 2 aromatic rings. The van der Waals surface area contributed by atoms with Gasteiger partial charge in [0.2, 0.25) is 0 Å². The van der Waals surface area contributed by atoms with Gasteiger partial charge in [-0.25, -0.2) is 8.78 Å². The minimum atomic E-state index is -2.26. The van der Waals surface area contributed by atoms with Gasteiger partial charge in [0.1, 0.15) is 12.8 Å². The Morgan fingerprint density at radius 2 is 2.03 bits per heavy atom. The van der Waals surface area contributed by atoms with Gasteiger partial charge in [-0.3, -0.25) is 9.59 Å². The Morgan fingerprint density at radius 1 is 1.24 bits per heavy atom. The number of fused-ring (bicyclic) bond motifs is 8. The molecule has 1 aliphatic heterocycles. The molecule has 38 heavy (non-hydrogen) atoms. The molecule has 10 heteroatoms. The van der Waals surface area contributed by atoms with E-state index in [0.29, 0.717) is 0 Å². The van der Waals surface area contributed by atoms with Gasteiger partial charge in [0.15, 0.2) is 29.1 Å². The van der Waals surface area contributed by atoms with Gasteiger partial charge in [-0.15, -0.1) is 22.7 Å². The molecule has 2 aromatic heterocycles. The zero-order chi connectivity index (χ0) is 26.8. The molecule has 0 bridgehead atoms. The number of rotatable bonds is 3. The van der Waals surface area contributed by atoms with E-state index in [0.717, 1.165) is 20.4 Å². The molecule has 202 valence electrons. The first-order chi connectivity index (χ1) is 18.0.